The lowest BCUT2D eigenvalue weighted by Gasteiger charge is -2.06. The molecule has 0 fully saturated rings. The van der Waals surface area contributed by atoms with Crippen LogP contribution >= 0.6 is 0 Å². The van der Waals surface area contributed by atoms with Crippen LogP contribution in [0.1, 0.15) is 37.2 Å². The normalized spacial score (nSPS) is 11.8. The highest BCUT2D eigenvalue weighted by Gasteiger charge is 2.14. The minimum Gasteiger partial charge on any atom is -0.264 e. The van der Waals surface area contributed by atoms with Crippen molar-refractivity contribution >= 4 is 0 Å². The van der Waals surface area contributed by atoms with Gasteiger partial charge in [0.1, 0.15) is 6.54 Å². The standard InChI is InChI=1S/C12H20F2N2/c1-8(2)5-6-11-9(3)15-16(10(11)4)7-12(13)14/h8,12H,5-7H2,1-4H3. The lowest BCUT2D eigenvalue weighted by molar-refractivity contribution is 0.121. The lowest BCUT2D eigenvalue weighted by atomic mass is 10.0. The summed E-state index contributed by atoms with van der Waals surface area (Å²) in [6, 6.07) is 0. The second kappa shape index (κ2) is 5.41. The van der Waals surface area contributed by atoms with Crippen LogP contribution < -0.4 is 0 Å². The molecule has 2 nitrogen and oxygen atoms in total. The molecule has 1 aromatic rings. The average molecular weight is 230 g/mol. The van der Waals surface area contributed by atoms with E-state index < -0.39 is 6.43 Å². The van der Waals surface area contributed by atoms with Crippen molar-refractivity contribution in [3.8, 4) is 0 Å². The Morgan fingerprint density at radius 1 is 1.25 bits per heavy atom. The highest BCUT2D eigenvalue weighted by molar-refractivity contribution is 5.24. The predicted octanol–water partition coefficient (Wildman–Crippen LogP) is 3.35. The number of aryl methyl sites for hydroxylation is 1. The number of aromatic nitrogens is 2. The molecule has 0 unspecified atom stereocenters. The Balaban J connectivity index is 2.80. The predicted molar refractivity (Wildman–Crippen MR) is 60.9 cm³/mol. The van der Waals surface area contributed by atoms with E-state index >= 15 is 0 Å². The highest BCUT2D eigenvalue weighted by Crippen LogP contribution is 2.18. The molecule has 0 aliphatic carbocycles. The van der Waals surface area contributed by atoms with Crippen LogP contribution in [0.2, 0.25) is 0 Å². The zero-order chi connectivity index (χ0) is 12.3. The van der Waals surface area contributed by atoms with E-state index in [-0.39, 0.29) is 6.54 Å². The second-order valence-electron chi connectivity index (χ2n) is 4.66. The SMILES string of the molecule is Cc1nn(CC(F)F)c(C)c1CCC(C)C. The summed E-state index contributed by atoms with van der Waals surface area (Å²) in [7, 11) is 0. The third-order valence-corrected chi connectivity index (χ3v) is 2.81. The van der Waals surface area contributed by atoms with Crippen LogP contribution in [0.5, 0.6) is 0 Å². The van der Waals surface area contributed by atoms with Gasteiger partial charge < -0.3 is 0 Å². The van der Waals surface area contributed by atoms with Gasteiger partial charge in [-0.25, -0.2) is 8.78 Å². The van der Waals surface area contributed by atoms with Crippen molar-refractivity contribution in [3.63, 3.8) is 0 Å². The van der Waals surface area contributed by atoms with Gasteiger partial charge in [-0.1, -0.05) is 13.8 Å². The fourth-order valence-corrected chi connectivity index (χ4v) is 1.84. The third-order valence-electron chi connectivity index (χ3n) is 2.81. The first-order valence-corrected chi connectivity index (χ1v) is 5.72. The number of hydrogen-bond acceptors (Lipinski definition) is 1. The van der Waals surface area contributed by atoms with Gasteiger partial charge in [0.05, 0.1) is 5.69 Å². The van der Waals surface area contributed by atoms with Crippen molar-refractivity contribution in [2.75, 3.05) is 0 Å². The van der Waals surface area contributed by atoms with Crippen LogP contribution in [0.3, 0.4) is 0 Å². The van der Waals surface area contributed by atoms with Gasteiger partial charge in [-0.05, 0) is 38.2 Å². The van der Waals surface area contributed by atoms with Crippen LogP contribution in [0.15, 0.2) is 0 Å². The van der Waals surface area contributed by atoms with Crippen molar-refractivity contribution in [1.29, 1.82) is 0 Å². The van der Waals surface area contributed by atoms with Crippen molar-refractivity contribution in [3.05, 3.63) is 17.0 Å². The van der Waals surface area contributed by atoms with Gasteiger partial charge in [-0.2, -0.15) is 5.10 Å². The number of alkyl halides is 2. The first kappa shape index (κ1) is 13.1. The lowest BCUT2D eigenvalue weighted by Crippen LogP contribution is -2.10. The van der Waals surface area contributed by atoms with Gasteiger partial charge in [0.2, 0.25) is 0 Å². The average Bonchev–Trinajstić information content (AvgIpc) is 2.39. The topological polar surface area (TPSA) is 17.8 Å². The molecule has 0 amide bonds. The summed E-state index contributed by atoms with van der Waals surface area (Å²) in [5.74, 6) is 0.622. The Hall–Kier alpha value is -0.930. The molecule has 92 valence electrons. The van der Waals surface area contributed by atoms with Gasteiger partial charge >= 0.3 is 0 Å². The molecular weight excluding hydrogens is 210 g/mol. The molecule has 0 aliphatic rings. The maximum absolute atomic E-state index is 12.3. The van der Waals surface area contributed by atoms with Gasteiger partial charge in [0, 0.05) is 5.69 Å². The summed E-state index contributed by atoms with van der Waals surface area (Å²) in [5, 5.41) is 4.16. The molecule has 4 heteroatoms. The second-order valence-corrected chi connectivity index (χ2v) is 4.66. The molecule has 0 aromatic carbocycles. The van der Waals surface area contributed by atoms with Crippen LogP contribution in [0.4, 0.5) is 8.78 Å². The van der Waals surface area contributed by atoms with Crippen LogP contribution in [0.25, 0.3) is 0 Å². The molecule has 0 saturated heterocycles. The van der Waals surface area contributed by atoms with E-state index in [1.54, 1.807) is 0 Å². The van der Waals surface area contributed by atoms with Crippen molar-refractivity contribution in [1.82, 2.24) is 9.78 Å². The van der Waals surface area contributed by atoms with Gasteiger partial charge in [-0.15, -0.1) is 0 Å². The monoisotopic (exact) mass is 230 g/mol. The maximum Gasteiger partial charge on any atom is 0.257 e. The summed E-state index contributed by atoms with van der Waals surface area (Å²) < 4.78 is 26.0. The van der Waals surface area contributed by atoms with E-state index in [0.29, 0.717) is 5.92 Å². The number of rotatable bonds is 5. The molecular formula is C12H20F2N2. The molecule has 1 aromatic heterocycles. The molecule has 0 aliphatic heterocycles. The summed E-state index contributed by atoms with van der Waals surface area (Å²) in [6.07, 6.45) is -0.336. The molecule has 16 heavy (non-hydrogen) atoms. The number of halogens is 2. The maximum atomic E-state index is 12.3. The van der Waals surface area contributed by atoms with Gasteiger partial charge in [-0.3, -0.25) is 4.68 Å². The molecule has 1 rings (SSSR count). The molecule has 0 N–H and O–H groups in total. The van der Waals surface area contributed by atoms with Crippen LogP contribution in [-0.2, 0) is 13.0 Å². The molecule has 0 bridgehead atoms. The number of nitrogens with zero attached hydrogens (tertiary/aromatic N) is 2. The molecule has 0 saturated carbocycles. The van der Waals surface area contributed by atoms with E-state index in [0.717, 1.165) is 29.8 Å². The third kappa shape index (κ3) is 3.29. The largest absolute Gasteiger partial charge is 0.264 e. The van der Waals surface area contributed by atoms with E-state index in [9.17, 15) is 8.78 Å². The Morgan fingerprint density at radius 2 is 1.88 bits per heavy atom. The summed E-state index contributed by atoms with van der Waals surface area (Å²) in [5.41, 5.74) is 2.91. The van der Waals surface area contributed by atoms with E-state index in [1.165, 1.54) is 4.68 Å². The quantitative estimate of drug-likeness (QED) is 0.758. The minimum atomic E-state index is -2.34. The van der Waals surface area contributed by atoms with Gasteiger partial charge in [0.15, 0.2) is 0 Å². The molecule has 0 spiro atoms. The van der Waals surface area contributed by atoms with E-state index in [2.05, 4.69) is 18.9 Å². The molecule has 0 radical (unpaired) electrons. The zero-order valence-corrected chi connectivity index (χ0v) is 10.4. The Kier molecular flexibility index (Phi) is 4.44. The van der Waals surface area contributed by atoms with Crippen molar-refractivity contribution in [2.45, 2.75) is 53.5 Å². The minimum absolute atomic E-state index is 0.297. The number of hydrogen-bond donors (Lipinski definition) is 0. The molecule has 1 heterocycles. The summed E-state index contributed by atoms with van der Waals surface area (Å²) in [6.45, 7) is 7.79. The van der Waals surface area contributed by atoms with Crippen molar-refractivity contribution in [2.24, 2.45) is 5.92 Å². The summed E-state index contributed by atoms with van der Waals surface area (Å²) >= 11 is 0. The Labute approximate surface area is 95.7 Å². The fraction of sp³-hybridized carbons (Fsp3) is 0.750. The Bertz CT molecular complexity index is 343. The van der Waals surface area contributed by atoms with Crippen molar-refractivity contribution < 1.29 is 8.78 Å². The van der Waals surface area contributed by atoms with Crippen LogP contribution in [0, 0.1) is 19.8 Å². The van der Waals surface area contributed by atoms with Crippen LogP contribution in [-0.4, -0.2) is 16.2 Å². The molecule has 0 atom stereocenters. The summed E-state index contributed by atoms with van der Waals surface area (Å²) in [4.78, 5) is 0. The van der Waals surface area contributed by atoms with E-state index in [4.69, 9.17) is 0 Å². The Morgan fingerprint density at radius 3 is 2.38 bits per heavy atom. The van der Waals surface area contributed by atoms with Gasteiger partial charge in [0.25, 0.3) is 6.43 Å². The highest BCUT2D eigenvalue weighted by atomic mass is 19.3. The first-order valence-electron chi connectivity index (χ1n) is 5.72. The first-order chi connectivity index (χ1) is 7.41. The van der Waals surface area contributed by atoms with E-state index in [1.807, 2.05) is 13.8 Å². The smallest absolute Gasteiger partial charge is 0.257 e. The fourth-order valence-electron chi connectivity index (χ4n) is 1.84. The zero-order valence-electron chi connectivity index (χ0n) is 10.4.